The molecule has 1 aliphatic heterocycles. The molecule has 2 N–H and O–H groups in total. The summed E-state index contributed by atoms with van der Waals surface area (Å²) >= 11 is 0. The molecular formula is C44H79NO9. The Hall–Kier alpha value is -2.49. The van der Waals surface area contributed by atoms with Gasteiger partial charge in [0.25, 0.3) is 0 Å². The number of ether oxygens (including phenoxy) is 2. The fourth-order valence-electron chi connectivity index (χ4n) is 10.8. The van der Waals surface area contributed by atoms with E-state index in [0.717, 1.165) is 38.8 Å². The Morgan fingerprint density at radius 2 is 1.20 bits per heavy atom. The van der Waals surface area contributed by atoms with Crippen molar-refractivity contribution in [2.45, 2.75) is 181 Å². The summed E-state index contributed by atoms with van der Waals surface area (Å²) in [7, 11) is 0. The van der Waals surface area contributed by atoms with Crippen molar-refractivity contribution in [3.8, 4) is 0 Å². The van der Waals surface area contributed by atoms with Crippen molar-refractivity contribution in [3.05, 3.63) is 0 Å². The molecule has 0 amide bonds. The number of esters is 2. The highest BCUT2D eigenvalue weighted by Crippen LogP contribution is 2.73. The zero-order valence-corrected chi connectivity index (χ0v) is 37.2. The molecule has 1 heterocycles. The Balaban J connectivity index is 4.31. The molecule has 6 atom stereocenters. The molecule has 1 fully saturated rings. The predicted octanol–water partition coefficient (Wildman–Crippen LogP) is 9.61. The second-order valence-electron chi connectivity index (χ2n) is 19.8. The Morgan fingerprint density at radius 1 is 0.704 bits per heavy atom. The SMILES string of the molecule is CCC(C)(C)CC(C)(C(=O)OCCOC(=O)CC(C)=O)C(C)(CC)C(C)(C)C(CC(=O)O)(C(=O)O)C(C)(CC)C(C)(CC)C(CC(C)(C)C)N1CCCC1. The van der Waals surface area contributed by atoms with Crippen LogP contribution < -0.4 is 0 Å². The molecule has 0 aromatic heterocycles. The molecule has 0 aromatic rings. The van der Waals surface area contributed by atoms with Crippen LogP contribution in [0.15, 0.2) is 0 Å². The fraction of sp³-hybridized carbons (Fsp3) is 0.886. The van der Waals surface area contributed by atoms with Crippen molar-refractivity contribution < 1.29 is 43.7 Å². The van der Waals surface area contributed by atoms with Crippen molar-refractivity contribution >= 4 is 29.7 Å². The van der Waals surface area contributed by atoms with Gasteiger partial charge in [0, 0.05) is 6.04 Å². The van der Waals surface area contributed by atoms with Crippen LogP contribution in [0.4, 0.5) is 0 Å². The lowest BCUT2D eigenvalue weighted by atomic mass is 9.34. The molecule has 10 heteroatoms. The number of nitrogens with zero attached hydrogens (tertiary/aromatic N) is 1. The van der Waals surface area contributed by atoms with Gasteiger partial charge in [-0.2, -0.15) is 0 Å². The highest BCUT2D eigenvalue weighted by Gasteiger charge is 2.75. The summed E-state index contributed by atoms with van der Waals surface area (Å²) in [6.07, 6.45) is 4.39. The van der Waals surface area contributed by atoms with E-state index < -0.39 is 62.8 Å². The van der Waals surface area contributed by atoms with Crippen LogP contribution in [0.1, 0.15) is 175 Å². The number of likely N-dealkylation sites (tertiary alicyclic amines) is 1. The van der Waals surface area contributed by atoms with Crippen LogP contribution in [-0.2, 0) is 33.4 Å². The summed E-state index contributed by atoms with van der Waals surface area (Å²) in [5, 5.41) is 22.9. The topological polar surface area (TPSA) is 148 Å². The summed E-state index contributed by atoms with van der Waals surface area (Å²) in [6, 6.07) is -0.0211. The largest absolute Gasteiger partial charge is 0.481 e. The van der Waals surface area contributed by atoms with Crippen LogP contribution in [-0.4, -0.2) is 77.1 Å². The Morgan fingerprint density at radius 3 is 1.59 bits per heavy atom. The van der Waals surface area contributed by atoms with Crippen LogP contribution in [0.25, 0.3) is 0 Å². The number of hydrogen-bond donors (Lipinski definition) is 2. The summed E-state index contributed by atoms with van der Waals surface area (Å²) in [6.45, 7) is 33.4. The Kier molecular flexibility index (Phi) is 16.7. The van der Waals surface area contributed by atoms with Gasteiger partial charge in [-0.3, -0.25) is 28.9 Å². The number of carboxylic acids is 2. The average molecular weight is 766 g/mol. The molecule has 0 bridgehead atoms. The summed E-state index contributed by atoms with van der Waals surface area (Å²) in [5.41, 5.74) is -7.87. The predicted molar refractivity (Wildman–Crippen MR) is 214 cm³/mol. The van der Waals surface area contributed by atoms with E-state index in [-0.39, 0.29) is 42.3 Å². The zero-order valence-electron chi connectivity index (χ0n) is 37.2. The first-order valence-electron chi connectivity index (χ1n) is 20.5. The van der Waals surface area contributed by atoms with Crippen molar-refractivity contribution in [2.75, 3.05) is 26.3 Å². The maximum atomic E-state index is 14.8. The number of carboxylic acid groups (broad SMARTS) is 2. The molecule has 1 aliphatic rings. The molecule has 0 aromatic carbocycles. The van der Waals surface area contributed by atoms with E-state index in [2.05, 4.69) is 60.3 Å². The minimum Gasteiger partial charge on any atom is -0.481 e. The van der Waals surface area contributed by atoms with E-state index in [1.165, 1.54) is 6.92 Å². The lowest BCUT2D eigenvalue weighted by Crippen LogP contribution is -2.70. The van der Waals surface area contributed by atoms with Crippen molar-refractivity contribution in [3.63, 3.8) is 0 Å². The van der Waals surface area contributed by atoms with E-state index >= 15 is 0 Å². The Bertz CT molecular complexity index is 1330. The lowest BCUT2D eigenvalue weighted by molar-refractivity contribution is -0.242. The maximum absolute atomic E-state index is 14.8. The number of rotatable bonds is 23. The Labute approximate surface area is 328 Å². The van der Waals surface area contributed by atoms with Gasteiger partial charge >= 0.3 is 23.9 Å². The molecule has 0 aliphatic carbocycles. The van der Waals surface area contributed by atoms with Crippen LogP contribution >= 0.6 is 0 Å². The number of ketones is 1. The first-order valence-corrected chi connectivity index (χ1v) is 20.5. The first-order chi connectivity index (χ1) is 24.5. The lowest BCUT2D eigenvalue weighted by Gasteiger charge is -2.69. The highest BCUT2D eigenvalue weighted by molar-refractivity contribution is 5.94. The van der Waals surface area contributed by atoms with Gasteiger partial charge in [0.05, 0.1) is 17.3 Å². The monoisotopic (exact) mass is 766 g/mol. The second kappa shape index (κ2) is 18.2. The fourth-order valence-corrected chi connectivity index (χ4v) is 10.8. The number of carbonyl (C=O) groups is 5. The number of Topliss-reactive ketones (excluding diaryl/α,β-unsaturated/α-hetero) is 1. The smallest absolute Gasteiger partial charge is 0.313 e. The van der Waals surface area contributed by atoms with Crippen molar-refractivity contribution in [1.29, 1.82) is 0 Å². The van der Waals surface area contributed by atoms with Crippen molar-refractivity contribution in [1.82, 2.24) is 4.90 Å². The van der Waals surface area contributed by atoms with E-state index in [9.17, 15) is 34.2 Å². The number of aliphatic carboxylic acids is 2. The van der Waals surface area contributed by atoms with Crippen LogP contribution in [0, 0.1) is 43.3 Å². The third-order valence-corrected chi connectivity index (χ3v) is 15.1. The summed E-state index contributed by atoms with van der Waals surface area (Å²) in [5.74, 6) is -3.96. The highest BCUT2D eigenvalue weighted by atomic mass is 16.6. The van der Waals surface area contributed by atoms with E-state index in [0.29, 0.717) is 25.7 Å². The summed E-state index contributed by atoms with van der Waals surface area (Å²) in [4.78, 5) is 68.8. The van der Waals surface area contributed by atoms with Gasteiger partial charge < -0.3 is 19.7 Å². The first kappa shape index (κ1) is 49.5. The summed E-state index contributed by atoms with van der Waals surface area (Å²) < 4.78 is 11.1. The van der Waals surface area contributed by atoms with E-state index in [1.54, 1.807) is 0 Å². The van der Waals surface area contributed by atoms with Gasteiger partial charge in [-0.25, -0.2) is 0 Å². The molecule has 1 saturated heterocycles. The molecule has 0 radical (unpaired) electrons. The van der Waals surface area contributed by atoms with Gasteiger partial charge in [-0.1, -0.05) is 103 Å². The molecule has 54 heavy (non-hydrogen) atoms. The van der Waals surface area contributed by atoms with Crippen LogP contribution in [0.2, 0.25) is 0 Å². The minimum absolute atomic E-state index is 0.0211. The molecule has 1 rings (SSSR count). The average Bonchev–Trinajstić information content (AvgIpc) is 3.60. The van der Waals surface area contributed by atoms with Gasteiger partial charge in [-0.15, -0.1) is 0 Å². The molecule has 314 valence electrons. The van der Waals surface area contributed by atoms with Gasteiger partial charge in [0.2, 0.25) is 0 Å². The molecule has 6 unspecified atom stereocenters. The molecule has 10 nitrogen and oxygen atoms in total. The number of hydrogen-bond acceptors (Lipinski definition) is 8. The van der Waals surface area contributed by atoms with Crippen LogP contribution in [0.5, 0.6) is 0 Å². The number of carbonyl (C=O) groups excluding carboxylic acids is 3. The van der Waals surface area contributed by atoms with Gasteiger partial charge in [0.15, 0.2) is 0 Å². The second-order valence-corrected chi connectivity index (χ2v) is 19.8. The molecule has 0 spiro atoms. The standard InChI is InChI=1S/C44H79NO9/c1-17-38(9,10)30-41(14,36(52)54-26-25-53-34(49)27-31(5)46)42(15,19-3)39(11,12)44(35(50)51,29-33(47)48)43(16,20-4)40(13,18-2)32(28-37(6,7)8)45-23-21-22-24-45/h32H,17-30H2,1-16H3,(H,47,48)(H,50,51). The van der Waals surface area contributed by atoms with E-state index in [1.807, 2.05) is 48.5 Å². The third-order valence-electron chi connectivity index (χ3n) is 15.1. The molecule has 0 saturated carbocycles. The van der Waals surface area contributed by atoms with Crippen molar-refractivity contribution in [2.24, 2.45) is 43.3 Å². The zero-order chi connectivity index (χ0) is 42.4. The quantitative estimate of drug-likeness (QED) is 0.0585. The minimum atomic E-state index is -1.87. The third kappa shape index (κ3) is 9.54. The van der Waals surface area contributed by atoms with Gasteiger partial charge in [-0.05, 0) is 104 Å². The van der Waals surface area contributed by atoms with Crippen LogP contribution in [0.3, 0.4) is 0 Å². The molecular weight excluding hydrogens is 686 g/mol. The normalized spacial score (nSPS) is 20.7. The maximum Gasteiger partial charge on any atom is 0.313 e. The van der Waals surface area contributed by atoms with E-state index in [4.69, 9.17) is 9.47 Å². The van der Waals surface area contributed by atoms with Gasteiger partial charge in [0.1, 0.15) is 25.4 Å².